The van der Waals surface area contributed by atoms with Gasteiger partial charge in [-0.05, 0) is 25.0 Å². The van der Waals surface area contributed by atoms with Gasteiger partial charge in [0.2, 0.25) is 0 Å². The maximum Gasteiger partial charge on any atom is 0.150 e. The highest BCUT2D eigenvalue weighted by molar-refractivity contribution is 5.51. The van der Waals surface area contributed by atoms with Crippen molar-refractivity contribution >= 4 is 5.69 Å². The van der Waals surface area contributed by atoms with Crippen molar-refractivity contribution in [2.45, 2.75) is 31.7 Å². The van der Waals surface area contributed by atoms with Gasteiger partial charge in [-0.3, -0.25) is 0 Å². The summed E-state index contributed by atoms with van der Waals surface area (Å²) in [6.45, 7) is 0.0111. The fourth-order valence-corrected chi connectivity index (χ4v) is 2.58. The molecule has 1 saturated carbocycles. The van der Waals surface area contributed by atoms with Crippen molar-refractivity contribution in [3.63, 3.8) is 0 Å². The van der Waals surface area contributed by atoms with E-state index in [1.807, 2.05) is 0 Å². The number of aliphatic hydroxyl groups is 1. The first-order valence-electron chi connectivity index (χ1n) is 6.42. The van der Waals surface area contributed by atoms with Crippen LogP contribution < -0.4 is 5.32 Å². The van der Waals surface area contributed by atoms with Crippen molar-refractivity contribution in [2.24, 2.45) is 5.92 Å². The van der Waals surface area contributed by atoms with Gasteiger partial charge in [0.1, 0.15) is 5.69 Å². The number of rotatable bonds is 3. The minimum atomic E-state index is -0.765. The molecule has 0 amide bonds. The van der Waals surface area contributed by atoms with Gasteiger partial charge >= 0.3 is 0 Å². The standard InChI is InChI=1S/C14H16F2N2O/c15-11-5-9(7-17)6-12(16)14(11)18-13-4-2-1-3-10(13)8-19/h5-6,10,13,18-19H,1-4,8H2. The van der Waals surface area contributed by atoms with Crippen LogP contribution in [-0.4, -0.2) is 17.8 Å². The molecule has 1 aliphatic rings. The Labute approximate surface area is 110 Å². The average Bonchev–Trinajstić information content (AvgIpc) is 2.43. The van der Waals surface area contributed by atoms with E-state index < -0.39 is 11.6 Å². The van der Waals surface area contributed by atoms with Crippen LogP contribution >= 0.6 is 0 Å². The lowest BCUT2D eigenvalue weighted by molar-refractivity contribution is 0.178. The van der Waals surface area contributed by atoms with Crippen LogP contribution in [0, 0.1) is 28.9 Å². The molecule has 1 fully saturated rings. The second-order valence-corrected chi connectivity index (χ2v) is 4.90. The van der Waals surface area contributed by atoms with Gasteiger partial charge in [0.15, 0.2) is 11.6 Å². The van der Waals surface area contributed by atoms with E-state index in [0.29, 0.717) is 0 Å². The van der Waals surface area contributed by atoms with Gasteiger partial charge < -0.3 is 10.4 Å². The fraction of sp³-hybridized carbons (Fsp3) is 0.500. The van der Waals surface area contributed by atoms with E-state index in [9.17, 15) is 13.9 Å². The predicted molar refractivity (Wildman–Crippen MR) is 67.5 cm³/mol. The van der Waals surface area contributed by atoms with Crippen LogP contribution in [0.4, 0.5) is 14.5 Å². The molecular formula is C14H16F2N2O. The van der Waals surface area contributed by atoms with Gasteiger partial charge in [-0.15, -0.1) is 0 Å². The Morgan fingerprint density at radius 2 is 1.89 bits per heavy atom. The van der Waals surface area contributed by atoms with Crippen LogP contribution in [0.2, 0.25) is 0 Å². The van der Waals surface area contributed by atoms with Gasteiger partial charge in [-0.2, -0.15) is 5.26 Å². The Hall–Kier alpha value is -1.67. The summed E-state index contributed by atoms with van der Waals surface area (Å²) in [5, 5.41) is 20.8. The summed E-state index contributed by atoms with van der Waals surface area (Å²) in [6, 6.07) is 3.61. The molecule has 2 N–H and O–H groups in total. The van der Waals surface area contributed by atoms with Crippen molar-refractivity contribution in [3.05, 3.63) is 29.3 Å². The van der Waals surface area contributed by atoms with Gasteiger partial charge in [-0.1, -0.05) is 12.8 Å². The van der Waals surface area contributed by atoms with E-state index in [-0.39, 0.29) is 29.8 Å². The molecule has 1 aromatic rings. The maximum atomic E-state index is 13.8. The topological polar surface area (TPSA) is 56.0 Å². The lowest BCUT2D eigenvalue weighted by Gasteiger charge is -2.31. The molecule has 0 aliphatic heterocycles. The van der Waals surface area contributed by atoms with Crippen molar-refractivity contribution in [3.8, 4) is 6.07 Å². The molecule has 0 radical (unpaired) electrons. The van der Waals surface area contributed by atoms with E-state index >= 15 is 0 Å². The highest BCUT2D eigenvalue weighted by atomic mass is 19.1. The molecular weight excluding hydrogens is 250 g/mol. The van der Waals surface area contributed by atoms with Gasteiger partial charge in [0.25, 0.3) is 0 Å². The molecule has 1 aliphatic carbocycles. The highest BCUT2D eigenvalue weighted by Gasteiger charge is 2.26. The number of hydrogen-bond donors (Lipinski definition) is 2. The van der Waals surface area contributed by atoms with E-state index in [1.54, 1.807) is 6.07 Å². The summed E-state index contributed by atoms with van der Waals surface area (Å²) >= 11 is 0. The number of halogens is 2. The van der Waals surface area contributed by atoms with Gasteiger partial charge in [0, 0.05) is 18.6 Å². The molecule has 3 nitrogen and oxygen atoms in total. The van der Waals surface area contributed by atoms with Crippen molar-refractivity contribution < 1.29 is 13.9 Å². The molecule has 19 heavy (non-hydrogen) atoms. The van der Waals surface area contributed by atoms with Crippen LogP contribution in [0.1, 0.15) is 31.2 Å². The van der Waals surface area contributed by atoms with E-state index in [1.165, 1.54) is 0 Å². The molecule has 1 aromatic carbocycles. The number of nitrogens with zero attached hydrogens (tertiary/aromatic N) is 1. The Morgan fingerprint density at radius 1 is 1.26 bits per heavy atom. The minimum absolute atomic E-state index is 0.0111. The molecule has 0 heterocycles. The largest absolute Gasteiger partial charge is 0.396 e. The Balaban J connectivity index is 2.21. The minimum Gasteiger partial charge on any atom is -0.396 e. The molecule has 5 heteroatoms. The fourth-order valence-electron chi connectivity index (χ4n) is 2.58. The summed E-state index contributed by atoms with van der Waals surface area (Å²) in [6.07, 6.45) is 3.65. The zero-order valence-electron chi connectivity index (χ0n) is 10.5. The molecule has 2 rings (SSSR count). The molecule has 0 spiro atoms. The van der Waals surface area contributed by atoms with E-state index in [0.717, 1.165) is 37.8 Å². The highest BCUT2D eigenvalue weighted by Crippen LogP contribution is 2.29. The summed E-state index contributed by atoms with van der Waals surface area (Å²) < 4.78 is 27.5. The first-order chi connectivity index (χ1) is 9.15. The van der Waals surface area contributed by atoms with Crippen LogP contribution in [0.3, 0.4) is 0 Å². The van der Waals surface area contributed by atoms with E-state index in [2.05, 4.69) is 5.32 Å². The van der Waals surface area contributed by atoms with Crippen molar-refractivity contribution in [2.75, 3.05) is 11.9 Å². The summed E-state index contributed by atoms with van der Waals surface area (Å²) in [5.41, 5.74) is -0.243. The third-order valence-electron chi connectivity index (χ3n) is 3.64. The number of anilines is 1. The second-order valence-electron chi connectivity index (χ2n) is 4.90. The molecule has 2 unspecified atom stereocenters. The van der Waals surface area contributed by atoms with Crippen LogP contribution in [-0.2, 0) is 0 Å². The van der Waals surface area contributed by atoms with E-state index in [4.69, 9.17) is 5.26 Å². The molecule has 0 bridgehead atoms. The van der Waals surface area contributed by atoms with Gasteiger partial charge in [-0.25, -0.2) is 8.78 Å². The number of hydrogen-bond acceptors (Lipinski definition) is 3. The normalized spacial score (nSPS) is 22.8. The number of nitriles is 1. The maximum absolute atomic E-state index is 13.8. The lowest BCUT2D eigenvalue weighted by Crippen LogP contribution is -2.35. The van der Waals surface area contributed by atoms with Crippen LogP contribution in [0.5, 0.6) is 0 Å². The SMILES string of the molecule is N#Cc1cc(F)c(NC2CCCCC2CO)c(F)c1. The first-order valence-corrected chi connectivity index (χ1v) is 6.42. The third-order valence-corrected chi connectivity index (χ3v) is 3.64. The summed E-state index contributed by atoms with van der Waals surface area (Å²) in [4.78, 5) is 0. The Morgan fingerprint density at radius 3 is 2.47 bits per heavy atom. The zero-order valence-corrected chi connectivity index (χ0v) is 10.5. The van der Waals surface area contributed by atoms with Crippen LogP contribution in [0.25, 0.3) is 0 Å². The van der Waals surface area contributed by atoms with Gasteiger partial charge in [0.05, 0.1) is 11.6 Å². The summed E-state index contributed by atoms with van der Waals surface area (Å²) in [5.74, 6) is -1.51. The van der Waals surface area contributed by atoms with Crippen molar-refractivity contribution in [1.82, 2.24) is 0 Å². The molecule has 102 valence electrons. The zero-order chi connectivity index (χ0) is 13.8. The number of aliphatic hydroxyl groups excluding tert-OH is 1. The lowest BCUT2D eigenvalue weighted by atomic mass is 9.85. The average molecular weight is 266 g/mol. The second kappa shape index (κ2) is 5.98. The molecule has 0 saturated heterocycles. The molecule has 2 atom stereocenters. The number of nitrogens with one attached hydrogen (secondary N) is 1. The third kappa shape index (κ3) is 3.02. The first kappa shape index (κ1) is 13.8. The predicted octanol–water partition coefficient (Wildman–Crippen LogP) is 2.80. The van der Waals surface area contributed by atoms with Crippen LogP contribution in [0.15, 0.2) is 12.1 Å². The number of benzene rings is 1. The quantitative estimate of drug-likeness (QED) is 0.884. The summed E-state index contributed by atoms with van der Waals surface area (Å²) in [7, 11) is 0. The Kier molecular flexibility index (Phi) is 4.33. The molecule has 0 aromatic heterocycles. The monoisotopic (exact) mass is 266 g/mol. The Bertz CT molecular complexity index is 476. The van der Waals surface area contributed by atoms with Crippen molar-refractivity contribution in [1.29, 1.82) is 5.26 Å². The smallest absolute Gasteiger partial charge is 0.150 e.